The van der Waals surface area contributed by atoms with E-state index in [1.54, 1.807) is 12.1 Å². The van der Waals surface area contributed by atoms with Crippen LogP contribution in [0.3, 0.4) is 0 Å². The summed E-state index contributed by atoms with van der Waals surface area (Å²) in [6.45, 7) is 3.74. The lowest BCUT2D eigenvalue weighted by Crippen LogP contribution is -2.21. The van der Waals surface area contributed by atoms with Crippen molar-refractivity contribution in [2.24, 2.45) is 0 Å². The Kier molecular flexibility index (Phi) is 6.84. The van der Waals surface area contributed by atoms with E-state index in [0.29, 0.717) is 28.5 Å². The molecule has 4 rings (SSSR count). The Balaban J connectivity index is 0.000000310. The fourth-order valence-corrected chi connectivity index (χ4v) is 3.21. The van der Waals surface area contributed by atoms with E-state index in [2.05, 4.69) is 15.1 Å². The van der Waals surface area contributed by atoms with Crippen LogP contribution in [0.2, 0.25) is 5.02 Å². The van der Waals surface area contributed by atoms with Gasteiger partial charge in [0.25, 0.3) is 0 Å². The van der Waals surface area contributed by atoms with Crippen LogP contribution in [0.4, 0.5) is 14.7 Å². The summed E-state index contributed by atoms with van der Waals surface area (Å²) in [4.78, 5) is 8.08. The number of rotatable bonds is 3. The third kappa shape index (κ3) is 5.21. The number of alkyl halides is 2. The number of anilines is 1. The van der Waals surface area contributed by atoms with E-state index in [-0.39, 0.29) is 17.6 Å². The van der Waals surface area contributed by atoms with Crippen molar-refractivity contribution in [3.8, 4) is 11.4 Å². The number of ether oxygens (including phenoxy) is 1. The molecular weight excluding hydrogens is 416 g/mol. The van der Waals surface area contributed by atoms with Crippen LogP contribution < -0.4 is 5.73 Å². The number of fused-ring (bicyclic) bond motifs is 1. The van der Waals surface area contributed by atoms with E-state index in [1.165, 1.54) is 36.8 Å². The van der Waals surface area contributed by atoms with Crippen molar-refractivity contribution in [2.75, 3.05) is 18.9 Å². The minimum Gasteiger partial charge on any atom is -0.391 e. The normalized spacial score (nSPS) is 18.0. The largest absolute Gasteiger partial charge is 0.391 e. The van der Waals surface area contributed by atoms with Gasteiger partial charge in [-0.2, -0.15) is 0 Å². The van der Waals surface area contributed by atoms with Gasteiger partial charge >= 0.3 is 0 Å². The van der Waals surface area contributed by atoms with Crippen LogP contribution in [0.1, 0.15) is 38.4 Å². The highest BCUT2D eigenvalue weighted by Crippen LogP contribution is 2.33. The Morgan fingerprint density at radius 2 is 2.10 bits per heavy atom. The molecule has 7 nitrogen and oxygen atoms in total. The summed E-state index contributed by atoms with van der Waals surface area (Å²) < 4.78 is 34.1. The van der Waals surface area contributed by atoms with Crippen molar-refractivity contribution in [3.63, 3.8) is 0 Å². The van der Waals surface area contributed by atoms with Gasteiger partial charge in [-0.1, -0.05) is 17.7 Å². The summed E-state index contributed by atoms with van der Waals surface area (Å²) in [5, 5.41) is 13.3. The number of nitrogens with two attached hydrogens (primary N) is 1. The highest BCUT2D eigenvalue weighted by Gasteiger charge is 2.30. The molecule has 162 valence electrons. The number of aliphatic hydroxyl groups is 1. The lowest BCUT2D eigenvalue weighted by molar-refractivity contribution is -0.00535. The first-order chi connectivity index (χ1) is 14.2. The Morgan fingerprint density at radius 1 is 1.33 bits per heavy atom. The molecule has 0 amide bonds. The predicted molar refractivity (Wildman–Crippen MR) is 111 cm³/mol. The summed E-state index contributed by atoms with van der Waals surface area (Å²) >= 11 is 6.14. The van der Waals surface area contributed by atoms with E-state index in [9.17, 15) is 8.78 Å². The summed E-state index contributed by atoms with van der Waals surface area (Å²) in [5.41, 5.74) is 5.46. The van der Waals surface area contributed by atoms with Crippen molar-refractivity contribution in [1.82, 2.24) is 19.6 Å². The molecule has 2 unspecified atom stereocenters. The van der Waals surface area contributed by atoms with E-state index in [4.69, 9.17) is 27.2 Å². The number of pyridine rings is 1. The molecule has 3 N–H and O–H groups in total. The molecule has 1 aliphatic heterocycles. The number of halogens is 3. The molecule has 0 aliphatic carbocycles. The van der Waals surface area contributed by atoms with Crippen LogP contribution in [0.15, 0.2) is 30.6 Å². The molecule has 0 saturated carbocycles. The average Bonchev–Trinajstić information content (AvgIpc) is 3.03. The first-order valence-electron chi connectivity index (χ1n) is 9.51. The fraction of sp³-hybridized carbons (Fsp3) is 0.450. The summed E-state index contributed by atoms with van der Waals surface area (Å²) in [6, 6.07) is 4.75. The summed E-state index contributed by atoms with van der Waals surface area (Å²) in [6.07, 6.45) is 2.80. The van der Waals surface area contributed by atoms with Gasteiger partial charge in [0, 0.05) is 18.4 Å². The van der Waals surface area contributed by atoms with Crippen LogP contribution in [-0.2, 0) is 4.74 Å². The number of hydrogen-bond acceptors (Lipinski definition) is 6. The monoisotopic (exact) mass is 439 g/mol. The molecule has 1 saturated heterocycles. The molecule has 0 radical (unpaired) electrons. The molecule has 0 bridgehead atoms. The Bertz CT molecular complexity index is 985. The minimum atomic E-state index is -1.98. The Hall–Kier alpha value is -2.36. The third-order valence-corrected chi connectivity index (χ3v) is 4.87. The second-order valence-electron chi connectivity index (χ2n) is 7.57. The zero-order valence-corrected chi connectivity index (χ0v) is 17.5. The molecule has 0 aromatic carbocycles. The maximum Gasteiger partial charge on any atom is 0.238 e. The van der Waals surface area contributed by atoms with E-state index in [1.807, 2.05) is 0 Å². The number of aliphatic hydroxyl groups excluding tert-OH is 1. The molecule has 1 fully saturated rings. The standard InChI is InChI=1S/C15H14ClF2N5.C5H10O2/c1-15(2,18)13(17)8-3-4-10(20-6-8)11-5-9(16)12-7-21-14(19)22-23(11)12;6-5-2-1-3-7-4-5/h3-7,13H,1-2H3,(H2,19,22);5-6H,1-4H2. The van der Waals surface area contributed by atoms with Crippen LogP contribution in [0.5, 0.6) is 0 Å². The van der Waals surface area contributed by atoms with Gasteiger partial charge < -0.3 is 15.6 Å². The first-order valence-corrected chi connectivity index (χ1v) is 9.89. The summed E-state index contributed by atoms with van der Waals surface area (Å²) in [7, 11) is 0. The average molecular weight is 440 g/mol. The predicted octanol–water partition coefficient (Wildman–Crippen LogP) is 3.94. The van der Waals surface area contributed by atoms with Gasteiger partial charge in [-0.05, 0) is 38.8 Å². The van der Waals surface area contributed by atoms with Gasteiger partial charge in [-0.25, -0.2) is 18.3 Å². The van der Waals surface area contributed by atoms with Gasteiger partial charge in [-0.15, -0.1) is 5.10 Å². The maximum atomic E-state index is 14.0. The van der Waals surface area contributed by atoms with Crippen molar-refractivity contribution in [3.05, 3.63) is 41.2 Å². The number of nitrogens with zero attached hydrogens (tertiary/aromatic N) is 4. The van der Waals surface area contributed by atoms with Gasteiger partial charge in [0.1, 0.15) is 11.2 Å². The molecule has 0 spiro atoms. The molecule has 2 atom stereocenters. The van der Waals surface area contributed by atoms with Crippen molar-refractivity contribution in [1.29, 1.82) is 0 Å². The van der Waals surface area contributed by atoms with Gasteiger partial charge in [0.15, 0.2) is 6.17 Å². The topological polar surface area (TPSA) is 98.6 Å². The lowest BCUT2D eigenvalue weighted by Gasteiger charge is -2.19. The SMILES string of the molecule is CC(C)(F)C(F)c1ccc(-c2cc(Cl)c3cnc(N)nn23)nc1.OC1CCCOC1. The highest BCUT2D eigenvalue weighted by molar-refractivity contribution is 6.34. The molecule has 3 aromatic heterocycles. The van der Waals surface area contributed by atoms with Crippen LogP contribution in [0, 0.1) is 0 Å². The van der Waals surface area contributed by atoms with Crippen LogP contribution in [-0.4, -0.2) is 49.7 Å². The van der Waals surface area contributed by atoms with Gasteiger partial charge in [-0.3, -0.25) is 4.98 Å². The third-order valence-electron chi connectivity index (χ3n) is 4.57. The second kappa shape index (κ2) is 9.20. The van der Waals surface area contributed by atoms with Crippen LogP contribution in [0.25, 0.3) is 16.9 Å². The molecule has 1 aliphatic rings. The molecule has 10 heteroatoms. The first kappa shape index (κ1) is 22.3. The van der Waals surface area contributed by atoms with Crippen LogP contribution >= 0.6 is 11.6 Å². The van der Waals surface area contributed by atoms with E-state index in [0.717, 1.165) is 19.4 Å². The fourth-order valence-electron chi connectivity index (χ4n) is 2.97. The molecule has 30 heavy (non-hydrogen) atoms. The number of nitrogen functional groups attached to an aromatic ring is 1. The zero-order chi connectivity index (χ0) is 21.9. The van der Waals surface area contributed by atoms with Gasteiger partial charge in [0.05, 0.1) is 35.3 Å². The lowest BCUT2D eigenvalue weighted by atomic mass is 9.99. The molecule has 3 aromatic rings. The molecular formula is C20H24ClF2N5O2. The summed E-state index contributed by atoms with van der Waals surface area (Å²) in [5.74, 6) is 0.0886. The minimum absolute atomic E-state index is 0.0886. The van der Waals surface area contributed by atoms with E-state index >= 15 is 0 Å². The Morgan fingerprint density at radius 3 is 2.63 bits per heavy atom. The van der Waals surface area contributed by atoms with Gasteiger partial charge in [0.2, 0.25) is 5.95 Å². The van der Waals surface area contributed by atoms with Crippen molar-refractivity contribution >= 4 is 23.1 Å². The van der Waals surface area contributed by atoms with Crippen molar-refractivity contribution in [2.45, 2.75) is 44.6 Å². The zero-order valence-electron chi connectivity index (χ0n) is 16.7. The second-order valence-corrected chi connectivity index (χ2v) is 7.97. The van der Waals surface area contributed by atoms with Crippen molar-refractivity contribution < 1.29 is 18.6 Å². The quantitative estimate of drug-likeness (QED) is 0.641. The molecule has 4 heterocycles. The Labute approximate surface area is 177 Å². The number of hydrogen-bond donors (Lipinski definition) is 2. The van der Waals surface area contributed by atoms with E-state index < -0.39 is 11.8 Å². The maximum absolute atomic E-state index is 14.0. The smallest absolute Gasteiger partial charge is 0.238 e. The highest BCUT2D eigenvalue weighted by atomic mass is 35.5. The number of aromatic nitrogens is 4.